The van der Waals surface area contributed by atoms with Crippen molar-refractivity contribution >= 4 is 141 Å². The summed E-state index contributed by atoms with van der Waals surface area (Å²) in [7, 11) is 0. The normalized spacial score (nSPS) is 16.3. The van der Waals surface area contributed by atoms with Crippen LogP contribution in [0.15, 0.2) is 170 Å². The molecule has 7 aromatic rings. The number of nitrogens with two attached hydrogens (primary N) is 1. The van der Waals surface area contributed by atoms with Gasteiger partial charge >= 0.3 is 12.2 Å². The second-order valence-electron chi connectivity index (χ2n) is 37.2. The lowest BCUT2D eigenvalue weighted by Gasteiger charge is -2.44. The van der Waals surface area contributed by atoms with E-state index in [4.69, 9.17) is 38.8 Å². The molecule has 14 N–H and O–H groups in total. The van der Waals surface area contributed by atoms with Gasteiger partial charge in [0, 0.05) is 49.7 Å². The topological polar surface area (TPSA) is 485 Å². The number of rotatable bonds is 40. The lowest BCUT2D eigenvalue weighted by Crippen LogP contribution is -2.64. The van der Waals surface area contributed by atoms with Gasteiger partial charge < -0.3 is 78.7 Å². The number of carbonyl (C=O) groups excluding carboxylic acids is 16. The van der Waals surface area contributed by atoms with Gasteiger partial charge in [-0.2, -0.15) is 0 Å². The van der Waals surface area contributed by atoms with Crippen LogP contribution in [0.3, 0.4) is 0 Å². The summed E-state index contributed by atoms with van der Waals surface area (Å²) in [6.45, 7) is 16.4. The maximum atomic E-state index is 16.6. The number of fused-ring (bicyclic) bond motifs is 6. The molecule has 0 unspecified atom stereocenters. The van der Waals surface area contributed by atoms with Crippen molar-refractivity contribution < 1.29 is 86.2 Å². The predicted molar refractivity (Wildman–Crippen MR) is 530 cm³/mol. The van der Waals surface area contributed by atoms with Crippen LogP contribution in [0.2, 0.25) is 0 Å². The molecule has 0 aliphatic heterocycles. The molecule has 4 aliphatic rings. The number of aromatic nitrogens is 2. The summed E-state index contributed by atoms with van der Waals surface area (Å²) >= 11 is 14.0. The highest BCUT2D eigenvalue weighted by molar-refractivity contribution is 8.22. The van der Waals surface area contributed by atoms with E-state index in [0.29, 0.717) is 46.1 Å². The fourth-order valence-electron chi connectivity index (χ4n) is 18.1. The van der Waals surface area contributed by atoms with Gasteiger partial charge in [0.25, 0.3) is 11.8 Å². The van der Waals surface area contributed by atoms with Gasteiger partial charge in [0.05, 0.1) is 12.0 Å². The third-order valence-corrected chi connectivity index (χ3v) is 37.5. The lowest BCUT2D eigenvalue weighted by atomic mass is 9.98. The number of nitrogens with zero attached hydrogens (tertiary/aromatic N) is 3. The summed E-state index contributed by atoms with van der Waals surface area (Å²) in [5.41, 5.74) is 8.47. The van der Waals surface area contributed by atoms with Crippen molar-refractivity contribution in [3.63, 3.8) is 0 Å². The molecule has 34 nitrogen and oxygen atoms in total. The number of hydrogen-bond acceptors (Lipinski definition) is 21. The second-order valence-corrected chi connectivity index (χ2v) is 47.5. The fourth-order valence-corrected chi connectivity index (χ4v) is 28.4. The Morgan fingerprint density at radius 3 is 1.13 bits per heavy atom. The summed E-state index contributed by atoms with van der Waals surface area (Å²) in [6, 6.07) is 23.8. The molecule has 138 heavy (non-hydrogen) atoms. The van der Waals surface area contributed by atoms with E-state index in [1.807, 2.05) is 97.1 Å². The van der Waals surface area contributed by atoms with Crippen molar-refractivity contribution in [1.82, 2.24) is 78.3 Å². The molecule has 11 rings (SSSR count). The van der Waals surface area contributed by atoms with Crippen LogP contribution >= 0.6 is 12.1 Å². The summed E-state index contributed by atoms with van der Waals surface area (Å²) in [5, 5.41) is 29.6. The van der Waals surface area contributed by atoms with Crippen molar-refractivity contribution in [2.75, 3.05) is 25.5 Å². The van der Waals surface area contributed by atoms with E-state index in [1.165, 1.54) is 103 Å². The van der Waals surface area contributed by atoms with Crippen molar-refractivity contribution in [3.05, 3.63) is 198 Å². The van der Waals surface area contributed by atoms with Crippen LogP contribution in [0.4, 0.5) is 9.59 Å². The molecule has 736 valence electrons. The van der Waals surface area contributed by atoms with Gasteiger partial charge in [-0.25, -0.2) is 24.4 Å². The number of hydrogen-bond donors (Lipinski definition) is 13. The Balaban J connectivity index is 0.932. The predicted octanol–water partition coefficient (Wildman–Crippen LogP) is 7.34. The Labute approximate surface area is 813 Å². The van der Waals surface area contributed by atoms with E-state index < -0.39 is 216 Å². The van der Waals surface area contributed by atoms with Crippen LogP contribution < -0.4 is 74.8 Å². The van der Waals surface area contributed by atoms with E-state index in [0.717, 1.165) is 83.0 Å². The molecule has 16 amide bonds. The number of benzene rings is 6. The summed E-state index contributed by atoms with van der Waals surface area (Å²) in [4.78, 5) is 243. The zero-order valence-corrected chi connectivity index (χ0v) is 83.3. The van der Waals surface area contributed by atoms with Gasteiger partial charge in [0.1, 0.15) is 90.8 Å². The molecule has 2 fully saturated rings. The summed E-state index contributed by atoms with van der Waals surface area (Å²) in [5.74, 6) is -14.3. The first-order valence-electron chi connectivity index (χ1n) is 46.7. The maximum absolute atomic E-state index is 16.6. The molecule has 0 spiro atoms. The number of ether oxygens (including phenoxy) is 2. The molecular formula is C100H126N16O18P2S2. The van der Waals surface area contributed by atoms with Crippen molar-refractivity contribution in [3.8, 4) is 22.3 Å². The van der Waals surface area contributed by atoms with Crippen LogP contribution in [0, 0.1) is 0 Å². The maximum Gasteiger partial charge on any atom is 0.417 e. The SMILES string of the molecule is CC(=O)N[C@@H](C)C(=O)N[C@@H](C)C(=O)NC(C)(C)C(=O)N[C@@H](C)C(=O)N(C(=O)OCC1c2ccccc2-c2ccccc21)[C@H](CP(=S)(c1ccccc1)c1ccccc1)C(=O)N[C@@H](Cc1c[nH]cn1)C(=O)N[C@@H](C)C(=O)N[C@@H](C)C(=O)N(C(=O)OCC1c2ccccc2-c2ccccc21)[C@@H](CP(=S)(C1CCCCC1)C1CCCCC1)C(=O)N[C@@H](C)C(=O)N[C@@H](C)C(=O)NC(C)(C)C(=O)N[C@@H](C)C(N)=O. The minimum atomic E-state index is -3.54. The minimum absolute atomic E-state index is 0.0968. The standard InChI is InChI=1S/C100H126N16O18P2S2/c1-57(84(101)118)110-95(129)99(10,11)113-89(123)62(6)106-86(120)60(4)108-91(125)82(54-135(137,67-34-18-14-19-35-67)68-36-20-15-21-37-68)115(97(131)133-52-79-75-46-30-26-42-71(75)72-43-27-31-47-76(72)79)93(127)63(7)109-87(121)59(3)107-90(124)81(50-66-51-102-56-103-66)112-92(126)83(55-136(138,69-38-22-16-23-39-69)70-40-24-17-25-41-70)116(98(132)134-53-80-77-48-32-28-44-73(77)74-45-29-33-49-78(74)80)94(128)64(8)111-96(130)100(12,13)114-88(122)61(5)105-85(119)58(2)104-65(9)117/h16-17,22-33,38-49,51,56-64,67-68,79-83H,14-15,18-21,34-37,50,52-55H2,1-13H3,(H2,101,118)(H,102,103)(H,104,117)(H,105,119)(H,106,120)(H,107,124)(H,108,125)(H,109,121)(H,110,129)(H,111,130)(H,112,126)(H,113,123)(H,114,122)/t57-,58-,59-,60-,61-,62-,63-,64-,81-,82-,83+/m0/s1. The first-order chi connectivity index (χ1) is 65.4. The Morgan fingerprint density at radius 2 is 0.746 bits per heavy atom. The van der Waals surface area contributed by atoms with Gasteiger partial charge in [0.15, 0.2) is 0 Å². The van der Waals surface area contributed by atoms with E-state index in [9.17, 15) is 38.4 Å². The molecule has 11 atom stereocenters. The molecule has 6 aromatic carbocycles. The molecule has 1 aromatic heterocycles. The zero-order valence-electron chi connectivity index (χ0n) is 79.9. The fraction of sp³-hybridized carbons (Fsp3) is 0.450. The van der Waals surface area contributed by atoms with Gasteiger partial charge in [-0.3, -0.25) is 67.1 Å². The molecule has 4 aliphatic carbocycles. The minimum Gasteiger partial charge on any atom is -0.448 e. The number of H-pyrrole nitrogens is 1. The number of imidazole rings is 1. The Morgan fingerprint density at radius 1 is 0.413 bits per heavy atom. The van der Waals surface area contributed by atoms with E-state index in [1.54, 1.807) is 60.7 Å². The largest absolute Gasteiger partial charge is 0.448 e. The van der Waals surface area contributed by atoms with Crippen LogP contribution in [0.5, 0.6) is 0 Å². The number of carbonyl (C=O) groups is 16. The van der Waals surface area contributed by atoms with Crippen LogP contribution in [0.25, 0.3) is 22.3 Å². The van der Waals surface area contributed by atoms with Crippen molar-refractivity contribution in [1.29, 1.82) is 0 Å². The van der Waals surface area contributed by atoms with Gasteiger partial charge in [-0.1, -0.05) is 220 Å². The van der Waals surface area contributed by atoms with Crippen LogP contribution in [-0.4, -0.2) is 229 Å². The number of imide groups is 2. The van der Waals surface area contributed by atoms with Crippen LogP contribution in [-0.2, 0) is 107 Å². The van der Waals surface area contributed by atoms with Gasteiger partial charge in [-0.15, -0.1) is 0 Å². The number of nitrogens with one attached hydrogen (secondary N) is 12. The number of amides is 16. The first-order valence-corrected chi connectivity index (χ1v) is 52.8. The summed E-state index contributed by atoms with van der Waals surface area (Å²) in [6.07, 6.45) is 6.89. The Kier molecular flexibility index (Phi) is 35.8. The summed E-state index contributed by atoms with van der Waals surface area (Å²) < 4.78 is 12.7. The Bertz CT molecular complexity index is 5640. The average molecular weight is 1970 g/mol. The van der Waals surface area contributed by atoms with Gasteiger partial charge in [0.2, 0.25) is 70.9 Å². The van der Waals surface area contributed by atoms with E-state index >= 15 is 38.4 Å². The zero-order chi connectivity index (χ0) is 100. The lowest BCUT2D eigenvalue weighted by molar-refractivity contribution is -0.142. The molecule has 0 bridgehead atoms. The highest BCUT2D eigenvalue weighted by atomic mass is 32.4. The molecular weight excluding hydrogens is 1840 g/mol. The monoisotopic (exact) mass is 1960 g/mol. The number of aromatic amines is 1. The highest BCUT2D eigenvalue weighted by Gasteiger charge is 2.50. The van der Waals surface area contributed by atoms with Gasteiger partial charge in [-0.05, 0) is 181 Å². The number of primary amides is 1. The van der Waals surface area contributed by atoms with Crippen molar-refractivity contribution in [2.24, 2.45) is 5.73 Å². The molecule has 2 saturated carbocycles. The second kappa shape index (κ2) is 46.7. The van der Waals surface area contributed by atoms with Crippen molar-refractivity contribution in [2.45, 2.75) is 261 Å². The average Bonchev–Trinajstić information content (AvgIpc) is 1.46. The van der Waals surface area contributed by atoms with Crippen LogP contribution in [0.1, 0.15) is 194 Å². The Hall–Kier alpha value is -12.7. The third kappa shape index (κ3) is 25.6. The third-order valence-electron chi connectivity index (χ3n) is 26.0. The molecule has 38 heteroatoms. The molecule has 1 heterocycles. The van der Waals surface area contributed by atoms with E-state index in [-0.39, 0.29) is 29.8 Å². The quantitative estimate of drug-likeness (QED) is 0.0167. The van der Waals surface area contributed by atoms with E-state index in [2.05, 4.69) is 68.5 Å². The smallest absolute Gasteiger partial charge is 0.417 e. The first kappa shape index (κ1) is 106. The highest BCUT2D eigenvalue weighted by Crippen LogP contribution is 2.64. The molecule has 0 saturated heterocycles. The molecule has 0 radical (unpaired) electrons.